The summed E-state index contributed by atoms with van der Waals surface area (Å²) >= 11 is 1.59. The van der Waals surface area contributed by atoms with Crippen molar-refractivity contribution in [3.63, 3.8) is 0 Å². The van der Waals surface area contributed by atoms with E-state index in [0.717, 1.165) is 15.6 Å². The summed E-state index contributed by atoms with van der Waals surface area (Å²) < 4.78 is 2.29. The molecule has 0 unspecified atom stereocenters. The van der Waals surface area contributed by atoms with Crippen molar-refractivity contribution >= 4 is 44.3 Å². The number of para-hydroxylation sites is 2. The Kier molecular flexibility index (Phi) is 3.89. The summed E-state index contributed by atoms with van der Waals surface area (Å²) in [7, 11) is 0. The first-order valence-electron chi connectivity index (χ1n) is 8.01. The molecule has 0 aliphatic carbocycles. The summed E-state index contributed by atoms with van der Waals surface area (Å²) in [5.41, 5.74) is 1.25. The molecule has 4 aromatic rings. The van der Waals surface area contributed by atoms with Gasteiger partial charge in [0.1, 0.15) is 5.52 Å². The number of thiophene rings is 1. The van der Waals surface area contributed by atoms with Crippen LogP contribution >= 0.6 is 11.3 Å². The molecule has 128 valence electrons. The Hall–Kier alpha value is -3.25. The number of aromatic nitrogens is 2. The molecular formula is C20H14N2O3S. The van der Waals surface area contributed by atoms with E-state index in [0.29, 0.717) is 9.16 Å². The minimum Gasteiger partial charge on any atom is -0.805 e. The molecule has 0 aliphatic heterocycles. The molecule has 4 rings (SSSR count). The molecular weight excluding hydrogens is 348 g/mol. The molecule has 0 atom stereocenters. The Morgan fingerprint density at radius 3 is 2.73 bits per heavy atom. The normalized spacial score (nSPS) is 11.6. The van der Waals surface area contributed by atoms with E-state index in [9.17, 15) is 14.9 Å². The number of nitrogens with zero attached hydrogens (tertiary/aromatic N) is 2. The summed E-state index contributed by atoms with van der Waals surface area (Å²) in [5.74, 6) is -0.497. The first-order valence-corrected chi connectivity index (χ1v) is 8.89. The molecule has 0 aliphatic rings. The second-order valence-corrected chi connectivity index (χ2v) is 6.81. The highest BCUT2D eigenvalue weighted by molar-refractivity contribution is 7.17. The number of ketones is 1. The quantitative estimate of drug-likeness (QED) is 0.310. The zero-order valence-corrected chi connectivity index (χ0v) is 14.7. The van der Waals surface area contributed by atoms with Gasteiger partial charge in [-0.2, -0.15) is 0 Å². The zero-order chi connectivity index (χ0) is 18.3. The minimum atomic E-state index is -0.497. The first kappa shape index (κ1) is 16.2. The second-order valence-electron chi connectivity index (χ2n) is 5.90. The van der Waals surface area contributed by atoms with Gasteiger partial charge in [0.05, 0.1) is 10.1 Å². The van der Waals surface area contributed by atoms with Crippen LogP contribution in [0, 0.1) is 17.0 Å². The average molecular weight is 362 g/mol. The van der Waals surface area contributed by atoms with E-state index in [-0.39, 0.29) is 22.4 Å². The van der Waals surface area contributed by atoms with Crippen molar-refractivity contribution < 1.29 is 9.22 Å². The number of allylic oxidation sites excluding steroid dienone is 1. The Morgan fingerprint density at radius 2 is 1.88 bits per heavy atom. The Labute approximate surface area is 152 Å². The number of hydrogen-bond donors (Lipinski definition) is 0. The maximum atomic E-state index is 12.7. The molecule has 0 N–H and O–H groups in total. The van der Waals surface area contributed by atoms with Crippen molar-refractivity contribution in [2.75, 3.05) is 0 Å². The minimum absolute atomic E-state index is 0.0866. The van der Waals surface area contributed by atoms with Gasteiger partial charge in [-0.15, -0.1) is 11.3 Å². The summed E-state index contributed by atoms with van der Waals surface area (Å²) in [6.07, 6.45) is 3.03. The standard InChI is InChI=1S/C20H14N2O3S/c1-13-20(22(25)17-8-4-3-7-16(17)21(13)24)18(23)11-10-14-12-26-19-9-5-2-6-15(14)19/h2-12H,1H3/b11-10+. The van der Waals surface area contributed by atoms with Crippen molar-refractivity contribution in [1.82, 2.24) is 4.73 Å². The maximum absolute atomic E-state index is 12.7. The third-order valence-corrected chi connectivity index (χ3v) is 5.31. The fraction of sp³-hybridized carbons (Fsp3) is 0.0500. The largest absolute Gasteiger partial charge is 0.805 e. The van der Waals surface area contributed by atoms with Gasteiger partial charge in [-0.05, 0) is 47.5 Å². The van der Waals surface area contributed by atoms with E-state index in [4.69, 9.17) is 0 Å². The molecule has 26 heavy (non-hydrogen) atoms. The van der Waals surface area contributed by atoms with E-state index in [1.54, 1.807) is 35.6 Å². The van der Waals surface area contributed by atoms with Gasteiger partial charge in [0, 0.05) is 15.7 Å². The fourth-order valence-corrected chi connectivity index (χ4v) is 3.93. The van der Waals surface area contributed by atoms with Crippen LogP contribution in [-0.2, 0) is 0 Å². The summed E-state index contributed by atoms with van der Waals surface area (Å²) in [5, 5.41) is 15.4. The van der Waals surface area contributed by atoms with Gasteiger partial charge in [-0.25, -0.2) is 0 Å². The first-order chi connectivity index (χ1) is 12.6. The molecule has 5 nitrogen and oxygen atoms in total. The Bertz CT molecular complexity index is 1250. The van der Waals surface area contributed by atoms with Crippen LogP contribution in [0.15, 0.2) is 60.0 Å². The van der Waals surface area contributed by atoms with Gasteiger partial charge in [0.15, 0.2) is 0 Å². The molecule has 0 fully saturated rings. The van der Waals surface area contributed by atoms with Crippen molar-refractivity contribution in [2.24, 2.45) is 0 Å². The number of fused-ring (bicyclic) bond motifs is 2. The van der Waals surface area contributed by atoms with Crippen molar-refractivity contribution in [3.8, 4) is 0 Å². The van der Waals surface area contributed by atoms with Gasteiger partial charge in [0.25, 0.3) is 11.3 Å². The second kappa shape index (κ2) is 6.24. The van der Waals surface area contributed by atoms with Gasteiger partial charge in [0.2, 0.25) is 0 Å². The third kappa shape index (κ3) is 2.51. The number of carbonyl (C=O) groups is 1. The SMILES string of the molecule is Cc1c(C(=O)/C=C/c2csc3ccccc23)[n+](=O)c2ccccc2n1[O-]. The van der Waals surface area contributed by atoms with Gasteiger partial charge >= 0.3 is 5.69 Å². The lowest BCUT2D eigenvalue weighted by Crippen LogP contribution is -2.29. The molecule has 2 heterocycles. The highest BCUT2D eigenvalue weighted by Gasteiger charge is 2.24. The Balaban J connectivity index is 1.81. The van der Waals surface area contributed by atoms with Crippen LogP contribution in [0.25, 0.3) is 27.2 Å². The predicted octanol–water partition coefficient (Wildman–Crippen LogP) is 4.32. The van der Waals surface area contributed by atoms with Crippen LogP contribution in [0.1, 0.15) is 21.7 Å². The lowest BCUT2D eigenvalue weighted by atomic mass is 10.1. The molecule has 6 heteroatoms. The fourth-order valence-electron chi connectivity index (χ4n) is 3.00. The molecule has 2 aromatic carbocycles. The molecule has 0 radical (unpaired) electrons. The number of hydrogen-bond acceptors (Lipinski definition) is 4. The van der Waals surface area contributed by atoms with Crippen LogP contribution in [0.3, 0.4) is 0 Å². The molecule has 0 saturated carbocycles. The van der Waals surface area contributed by atoms with E-state index in [1.165, 1.54) is 19.1 Å². The summed E-state index contributed by atoms with van der Waals surface area (Å²) in [4.78, 5) is 25.3. The molecule has 0 spiro atoms. The van der Waals surface area contributed by atoms with Crippen molar-refractivity contribution in [3.05, 3.63) is 87.1 Å². The number of carbonyl (C=O) groups excluding carboxylic acids is 1. The molecule has 0 amide bonds. The average Bonchev–Trinajstić information content (AvgIpc) is 3.08. The Morgan fingerprint density at radius 1 is 1.15 bits per heavy atom. The van der Waals surface area contributed by atoms with Gasteiger partial charge in [-0.1, -0.05) is 30.3 Å². The molecule has 0 saturated heterocycles. The van der Waals surface area contributed by atoms with E-state index in [2.05, 4.69) is 0 Å². The van der Waals surface area contributed by atoms with E-state index >= 15 is 0 Å². The van der Waals surface area contributed by atoms with Gasteiger partial charge in [-0.3, -0.25) is 4.79 Å². The van der Waals surface area contributed by atoms with E-state index in [1.807, 2.05) is 29.6 Å². The van der Waals surface area contributed by atoms with Crippen LogP contribution in [0.5, 0.6) is 0 Å². The predicted molar refractivity (Wildman–Crippen MR) is 104 cm³/mol. The monoisotopic (exact) mass is 362 g/mol. The lowest BCUT2D eigenvalue weighted by molar-refractivity contribution is -0.468. The smallest absolute Gasteiger partial charge is 0.329 e. The zero-order valence-electron chi connectivity index (χ0n) is 13.9. The van der Waals surface area contributed by atoms with Crippen molar-refractivity contribution in [2.45, 2.75) is 6.92 Å². The third-order valence-electron chi connectivity index (χ3n) is 4.33. The summed E-state index contributed by atoms with van der Waals surface area (Å²) in [6, 6.07) is 14.3. The van der Waals surface area contributed by atoms with Crippen LogP contribution in [-0.4, -0.2) is 10.5 Å². The van der Waals surface area contributed by atoms with Crippen LogP contribution in [0.2, 0.25) is 0 Å². The maximum Gasteiger partial charge on any atom is 0.329 e. The van der Waals surface area contributed by atoms with Crippen LogP contribution in [0.4, 0.5) is 0 Å². The molecule has 2 aromatic heterocycles. The number of benzene rings is 2. The van der Waals surface area contributed by atoms with E-state index < -0.39 is 5.78 Å². The van der Waals surface area contributed by atoms with Crippen molar-refractivity contribution in [1.29, 1.82) is 0 Å². The summed E-state index contributed by atoms with van der Waals surface area (Å²) in [6.45, 7) is 1.48. The number of rotatable bonds is 3. The van der Waals surface area contributed by atoms with Crippen LogP contribution < -0.4 is 4.43 Å². The topological polar surface area (TPSA) is 68.0 Å². The molecule has 0 bridgehead atoms. The van der Waals surface area contributed by atoms with Gasteiger partial charge < -0.3 is 9.94 Å². The highest BCUT2D eigenvalue weighted by atomic mass is 32.1. The highest BCUT2D eigenvalue weighted by Crippen LogP contribution is 2.26. The lowest BCUT2D eigenvalue weighted by Gasteiger charge is -2.15.